The Morgan fingerprint density at radius 1 is 1.48 bits per heavy atom. The third-order valence-corrected chi connectivity index (χ3v) is 3.24. The van der Waals surface area contributed by atoms with Crippen LogP contribution < -0.4 is 15.4 Å². The summed E-state index contributed by atoms with van der Waals surface area (Å²) in [5.74, 6) is -0.141. The monoisotopic (exact) mass is 303 g/mol. The maximum atomic E-state index is 12.0. The molecule has 2 atom stereocenters. The van der Waals surface area contributed by atoms with Gasteiger partial charge < -0.3 is 15.4 Å². The number of anilines is 1. The SMILES string of the molecule is C[C@@H]1CNC[C@H]1C(=O)Nc1ccc(OCC(F)(F)F)nc1. The minimum atomic E-state index is -4.40. The zero-order valence-corrected chi connectivity index (χ0v) is 11.4. The minimum Gasteiger partial charge on any atom is -0.468 e. The highest BCUT2D eigenvalue weighted by molar-refractivity contribution is 5.92. The van der Waals surface area contributed by atoms with Gasteiger partial charge in [-0.05, 0) is 18.5 Å². The van der Waals surface area contributed by atoms with Crippen LogP contribution in [0.4, 0.5) is 18.9 Å². The van der Waals surface area contributed by atoms with Crippen LogP contribution >= 0.6 is 0 Å². The number of hydrogen-bond acceptors (Lipinski definition) is 4. The van der Waals surface area contributed by atoms with Gasteiger partial charge in [-0.3, -0.25) is 4.79 Å². The fraction of sp³-hybridized carbons (Fsp3) is 0.538. The molecular formula is C13H16F3N3O2. The molecule has 0 spiro atoms. The van der Waals surface area contributed by atoms with Crippen LogP contribution in [0, 0.1) is 11.8 Å². The molecule has 0 unspecified atom stereocenters. The van der Waals surface area contributed by atoms with E-state index in [1.165, 1.54) is 18.3 Å². The first kappa shape index (κ1) is 15.6. The van der Waals surface area contributed by atoms with E-state index in [9.17, 15) is 18.0 Å². The van der Waals surface area contributed by atoms with E-state index in [-0.39, 0.29) is 23.6 Å². The Labute approximate surface area is 119 Å². The molecule has 1 amide bonds. The predicted molar refractivity (Wildman–Crippen MR) is 69.9 cm³/mol. The first-order valence-electron chi connectivity index (χ1n) is 6.52. The van der Waals surface area contributed by atoms with Crippen LogP contribution in [0.5, 0.6) is 5.88 Å². The number of hydrogen-bond donors (Lipinski definition) is 2. The number of carbonyl (C=O) groups excluding carboxylic acids is 1. The number of pyridine rings is 1. The molecule has 1 aliphatic heterocycles. The summed E-state index contributed by atoms with van der Waals surface area (Å²) in [6, 6.07) is 2.75. The maximum absolute atomic E-state index is 12.0. The van der Waals surface area contributed by atoms with E-state index >= 15 is 0 Å². The van der Waals surface area contributed by atoms with E-state index in [4.69, 9.17) is 0 Å². The standard InChI is InChI=1S/C13H16F3N3O2/c1-8-4-17-6-10(8)12(20)19-9-2-3-11(18-5-9)21-7-13(14,15)16/h2-3,5,8,10,17H,4,6-7H2,1H3,(H,19,20)/t8-,10-/m1/s1. The lowest BCUT2D eigenvalue weighted by atomic mass is 9.97. The van der Waals surface area contributed by atoms with Gasteiger partial charge in [-0.15, -0.1) is 0 Å². The van der Waals surface area contributed by atoms with E-state index in [1.54, 1.807) is 0 Å². The van der Waals surface area contributed by atoms with E-state index in [2.05, 4.69) is 20.4 Å². The molecule has 1 saturated heterocycles. The number of carbonyl (C=O) groups is 1. The van der Waals surface area contributed by atoms with Gasteiger partial charge in [0.25, 0.3) is 0 Å². The number of rotatable bonds is 4. The van der Waals surface area contributed by atoms with Gasteiger partial charge in [0.15, 0.2) is 6.61 Å². The molecule has 21 heavy (non-hydrogen) atoms. The lowest BCUT2D eigenvalue weighted by molar-refractivity contribution is -0.154. The highest BCUT2D eigenvalue weighted by Crippen LogP contribution is 2.20. The molecule has 2 rings (SSSR count). The van der Waals surface area contributed by atoms with Crippen molar-refractivity contribution < 1.29 is 22.7 Å². The van der Waals surface area contributed by atoms with E-state index < -0.39 is 12.8 Å². The van der Waals surface area contributed by atoms with Crippen molar-refractivity contribution in [3.63, 3.8) is 0 Å². The highest BCUT2D eigenvalue weighted by Gasteiger charge is 2.30. The Kier molecular flexibility index (Phi) is 4.66. The summed E-state index contributed by atoms with van der Waals surface area (Å²) in [4.78, 5) is 15.7. The van der Waals surface area contributed by atoms with Crippen LogP contribution in [0.2, 0.25) is 0 Å². The molecule has 116 valence electrons. The molecule has 8 heteroatoms. The first-order chi connectivity index (χ1) is 9.85. The summed E-state index contributed by atoms with van der Waals surface area (Å²) >= 11 is 0. The molecule has 2 heterocycles. The number of nitrogens with zero attached hydrogens (tertiary/aromatic N) is 1. The van der Waals surface area contributed by atoms with Gasteiger partial charge in [0.2, 0.25) is 11.8 Å². The topological polar surface area (TPSA) is 63.2 Å². The maximum Gasteiger partial charge on any atom is 0.422 e. The molecule has 0 radical (unpaired) electrons. The number of nitrogens with one attached hydrogen (secondary N) is 2. The summed E-state index contributed by atoms with van der Waals surface area (Å²) in [7, 11) is 0. The van der Waals surface area contributed by atoms with Crippen molar-refractivity contribution in [3.8, 4) is 5.88 Å². The molecule has 5 nitrogen and oxygen atoms in total. The van der Waals surface area contributed by atoms with Gasteiger partial charge in [-0.25, -0.2) is 4.98 Å². The number of halogens is 3. The van der Waals surface area contributed by atoms with Crippen LogP contribution in [-0.2, 0) is 4.79 Å². The van der Waals surface area contributed by atoms with Crippen LogP contribution in [0.15, 0.2) is 18.3 Å². The quantitative estimate of drug-likeness (QED) is 0.890. The Morgan fingerprint density at radius 2 is 2.24 bits per heavy atom. The minimum absolute atomic E-state index is 0.119. The van der Waals surface area contributed by atoms with Crippen molar-refractivity contribution in [1.82, 2.24) is 10.3 Å². The van der Waals surface area contributed by atoms with E-state index in [1.807, 2.05) is 6.92 Å². The van der Waals surface area contributed by atoms with Gasteiger partial charge >= 0.3 is 6.18 Å². The normalized spacial score (nSPS) is 22.1. The van der Waals surface area contributed by atoms with Crippen molar-refractivity contribution in [2.24, 2.45) is 11.8 Å². The summed E-state index contributed by atoms with van der Waals surface area (Å²) < 4.78 is 40.4. The highest BCUT2D eigenvalue weighted by atomic mass is 19.4. The average molecular weight is 303 g/mol. The van der Waals surface area contributed by atoms with E-state index in [0.717, 1.165) is 6.54 Å². The molecule has 1 aromatic heterocycles. The molecule has 0 saturated carbocycles. The number of amides is 1. The number of alkyl halides is 3. The Balaban J connectivity index is 1.89. The smallest absolute Gasteiger partial charge is 0.422 e. The van der Waals surface area contributed by atoms with Gasteiger partial charge in [0.1, 0.15) is 0 Å². The van der Waals surface area contributed by atoms with Crippen molar-refractivity contribution >= 4 is 11.6 Å². The molecule has 1 aromatic rings. The Morgan fingerprint density at radius 3 is 2.76 bits per heavy atom. The van der Waals surface area contributed by atoms with Gasteiger partial charge in [0, 0.05) is 12.6 Å². The summed E-state index contributed by atoms with van der Waals surface area (Å²) in [5.41, 5.74) is 0.429. The van der Waals surface area contributed by atoms with Crippen molar-refractivity contribution in [2.45, 2.75) is 13.1 Å². The van der Waals surface area contributed by atoms with Crippen LogP contribution in [0.25, 0.3) is 0 Å². The second kappa shape index (κ2) is 6.30. The Bertz CT molecular complexity index is 490. The van der Waals surface area contributed by atoms with Gasteiger partial charge in [-0.2, -0.15) is 13.2 Å². The van der Waals surface area contributed by atoms with Crippen LogP contribution in [0.1, 0.15) is 6.92 Å². The van der Waals surface area contributed by atoms with Gasteiger partial charge in [0.05, 0.1) is 17.8 Å². The molecule has 2 N–H and O–H groups in total. The molecule has 0 bridgehead atoms. The third-order valence-electron chi connectivity index (χ3n) is 3.24. The molecular weight excluding hydrogens is 287 g/mol. The van der Waals surface area contributed by atoms with Gasteiger partial charge in [-0.1, -0.05) is 6.92 Å². The molecule has 1 aliphatic rings. The molecule has 0 aromatic carbocycles. The predicted octanol–water partition coefficient (Wildman–Crippen LogP) is 1.82. The number of aromatic nitrogens is 1. The summed E-state index contributed by atoms with van der Waals surface area (Å²) in [6.07, 6.45) is -3.13. The lowest BCUT2D eigenvalue weighted by Gasteiger charge is -2.14. The fourth-order valence-electron chi connectivity index (χ4n) is 2.09. The fourth-order valence-corrected chi connectivity index (χ4v) is 2.09. The van der Waals surface area contributed by atoms with Crippen LogP contribution in [0.3, 0.4) is 0 Å². The number of ether oxygens (including phenoxy) is 1. The van der Waals surface area contributed by atoms with Crippen molar-refractivity contribution in [1.29, 1.82) is 0 Å². The van der Waals surface area contributed by atoms with E-state index in [0.29, 0.717) is 12.2 Å². The lowest BCUT2D eigenvalue weighted by Crippen LogP contribution is -2.27. The zero-order chi connectivity index (χ0) is 15.5. The third kappa shape index (κ3) is 4.59. The average Bonchev–Trinajstić information content (AvgIpc) is 2.83. The molecule has 0 aliphatic carbocycles. The van der Waals surface area contributed by atoms with Crippen molar-refractivity contribution in [3.05, 3.63) is 18.3 Å². The van der Waals surface area contributed by atoms with Crippen LogP contribution in [-0.4, -0.2) is 36.8 Å². The van der Waals surface area contributed by atoms with Crippen molar-refractivity contribution in [2.75, 3.05) is 25.0 Å². The Hall–Kier alpha value is -1.83. The largest absolute Gasteiger partial charge is 0.468 e. The zero-order valence-electron chi connectivity index (χ0n) is 11.4. The summed E-state index contributed by atoms with van der Waals surface area (Å²) in [5, 5.41) is 5.82. The molecule has 1 fully saturated rings. The summed E-state index contributed by atoms with van der Waals surface area (Å²) in [6.45, 7) is 2.00. The second-order valence-electron chi connectivity index (χ2n) is 5.02. The second-order valence-corrected chi connectivity index (χ2v) is 5.02. The first-order valence-corrected chi connectivity index (χ1v) is 6.52.